The molecule has 5 heteroatoms. The first-order valence-corrected chi connectivity index (χ1v) is 6.70. The number of carbonyl (C=O) groups is 2. The summed E-state index contributed by atoms with van der Waals surface area (Å²) in [6.07, 6.45) is 2.96. The quantitative estimate of drug-likeness (QED) is 0.892. The first-order chi connectivity index (χ1) is 8.99. The third-order valence-electron chi connectivity index (χ3n) is 3.67. The topological polar surface area (TPSA) is 66.4 Å². The normalized spacial score (nSPS) is 22.2. The van der Waals surface area contributed by atoms with Crippen LogP contribution in [0.4, 0.5) is 5.69 Å². The predicted octanol–water partition coefficient (Wildman–Crippen LogP) is 3.41. The molecular formula is C14H16ClNO3. The first-order valence-electron chi connectivity index (χ1n) is 6.32. The van der Waals surface area contributed by atoms with E-state index in [-0.39, 0.29) is 17.4 Å². The summed E-state index contributed by atoms with van der Waals surface area (Å²) < 4.78 is 0. The van der Waals surface area contributed by atoms with Crippen LogP contribution in [0.25, 0.3) is 0 Å². The summed E-state index contributed by atoms with van der Waals surface area (Å²) in [6.45, 7) is 2.05. The van der Waals surface area contributed by atoms with Crippen molar-refractivity contribution in [3.8, 4) is 0 Å². The van der Waals surface area contributed by atoms with E-state index in [2.05, 4.69) is 12.2 Å². The van der Waals surface area contributed by atoms with E-state index in [4.69, 9.17) is 16.7 Å². The van der Waals surface area contributed by atoms with Crippen LogP contribution in [0.2, 0.25) is 5.02 Å². The van der Waals surface area contributed by atoms with E-state index in [0.29, 0.717) is 16.6 Å². The van der Waals surface area contributed by atoms with Gasteiger partial charge in [-0.15, -0.1) is 0 Å². The molecule has 1 aliphatic rings. The molecule has 2 N–H and O–H groups in total. The Bertz CT molecular complexity index is 515. The molecule has 0 bridgehead atoms. The zero-order valence-corrected chi connectivity index (χ0v) is 11.4. The number of halogens is 1. The summed E-state index contributed by atoms with van der Waals surface area (Å²) in [7, 11) is 0. The second-order valence-corrected chi connectivity index (χ2v) is 5.44. The van der Waals surface area contributed by atoms with Gasteiger partial charge in [0.1, 0.15) is 0 Å². The van der Waals surface area contributed by atoms with Gasteiger partial charge >= 0.3 is 5.97 Å². The molecule has 2 rings (SSSR count). The van der Waals surface area contributed by atoms with Crippen LogP contribution in [0.5, 0.6) is 0 Å². The van der Waals surface area contributed by atoms with Crippen molar-refractivity contribution in [2.75, 3.05) is 5.32 Å². The molecular weight excluding hydrogens is 266 g/mol. The largest absolute Gasteiger partial charge is 0.478 e. The fourth-order valence-corrected chi connectivity index (χ4v) is 2.73. The molecule has 0 saturated heterocycles. The van der Waals surface area contributed by atoms with E-state index in [1.54, 1.807) is 6.07 Å². The maximum absolute atomic E-state index is 12.1. The fourth-order valence-electron chi connectivity index (χ4n) is 2.56. The molecule has 19 heavy (non-hydrogen) atoms. The minimum Gasteiger partial charge on any atom is -0.478 e. The molecule has 1 aliphatic carbocycles. The van der Waals surface area contributed by atoms with Gasteiger partial charge in [-0.3, -0.25) is 4.79 Å². The minimum absolute atomic E-state index is 0.0199. The van der Waals surface area contributed by atoms with Gasteiger partial charge in [-0.25, -0.2) is 4.79 Å². The van der Waals surface area contributed by atoms with Crippen molar-refractivity contribution in [1.82, 2.24) is 0 Å². The number of nitrogens with one attached hydrogen (secondary N) is 1. The molecule has 0 spiro atoms. The molecule has 1 aromatic rings. The van der Waals surface area contributed by atoms with Crippen molar-refractivity contribution in [3.63, 3.8) is 0 Å². The van der Waals surface area contributed by atoms with Crippen molar-refractivity contribution in [2.45, 2.75) is 26.2 Å². The molecule has 4 nitrogen and oxygen atoms in total. The van der Waals surface area contributed by atoms with Gasteiger partial charge in [0.2, 0.25) is 5.91 Å². The van der Waals surface area contributed by atoms with Crippen molar-refractivity contribution in [3.05, 3.63) is 28.8 Å². The number of aromatic carboxylic acids is 1. The van der Waals surface area contributed by atoms with E-state index in [9.17, 15) is 9.59 Å². The van der Waals surface area contributed by atoms with Crippen LogP contribution in [-0.4, -0.2) is 17.0 Å². The summed E-state index contributed by atoms with van der Waals surface area (Å²) in [6, 6.07) is 4.45. The third-order valence-corrected chi connectivity index (χ3v) is 3.90. The van der Waals surface area contributed by atoms with Crippen LogP contribution in [0.1, 0.15) is 36.5 Å². The molecule has 1 fully saturated rings. The van der Waals surface area contributed by atoms with Crippen LogP contribution in [0.15, 0.2) is 18.2 Å². The van der Waals surface area contributed by atoms with Gasteiger partial charge in [-0.1, -0.05) is 24.9 Å². The summed E-state index contributed by atoms with van der Waals surface area (Å²) in [5.41, 5.74) is 0.326. The lowest BCUT2D eigenvalue weighted by atomic mass is 9.97. The molecule has 0 aromatic heterocycles. The maximum atomic E-state index is 12.1. The molecule has 0 aliphatic heterocycles. The Morgan fingerprint density at radius 1 is 1.37 bits per heavy atom. The van der Waals surface area contributed by atoms with Crippen LogP contribution in [-0.2, 0) is 4.79 Å². The van der Waals surface area contributed by atoms with Gasteiger partial charge < -0.3 is 10.4 Å². The smallest absolute Gasteiger partial charge is 0.337 e. The standard InChI is InChI=1S/C14H16ClNO3/c1-8-3-2-4-10(8)13(17)16-12-6-5-9(15)7-11(12)14(18)19/h5-8,10H,2-4H2,1H3,(H,16,17)(H,18,19). The predicted molar refractivity (Wildman–Crippen MR) is 73.5 cm³/mol. The second-order valence-electron chi connectivity index (χ2n) is 5.00. The Morgan fingerprint density at radius 3 is 2.68 bits per heavy atom. The zero-order chi connectivity index (χ0) is 14.0. The number of hydrogen-bond donors (Lipinski definition) is 2. The monoisotopic (exact) mass is 281 g/mol. The summed E-state index contributed by atoms with van der Waals surface area (Å²) in [4.78, 5) is 23.3. The van der Waals surface area contributed by atoms with E-state index in [0.717, 1.165) is 19.3 Å². The van der Waals surface area contributed by atoms with E-state index in [1.165, 1.54) is 12.1 Å². The fraction of sp³-hybridized carbons (Fsp3) is 0.429. The molecule has 0 radical (unpaired) electrons. The molecule has 1 saturated carbocycles. The average molecular weight is 282 g/mol. The van der Waals surface area contributed by atoms with Gasteiger partial charge in [0.25, 0.3) is 0 Å². The zero-order valence-electron chi connectivity index (χ0n) is 10.6. The van der Waals surface area contributed by atoms with E-state index in [1.807, 2.05) is 0 Å². The van der Waals surface area contributed by atoms with E-state index < -0.39 is 5.97 Å². The Kier molecular flexibility index (Phi) is 4.10. The highest BCUT2D eigenvalue weighted by Gasteiger charge is 2.30. The van der Waals surface area contributed by atoms with Crippen molar-refractivity contribution < 1.29 is 14.7 Å². The molecule has 0 heterocycles. The highest BCUT2D eigenvalue weighted by molar-refractivity contribution is 6.31. The number of carbonyl (C=O) groups excluding carboxylic acids is 1. The number of carboxylic acid groups (broad SMARTS) is 1. The number of hydrogen-bond acceptors (Lipinski definition) is 2. The Labute approximate surface area is 116 Å². The number of amides is 1. The lowest BCUT2D eigenvalue weighted by molar-refractivity contribution is -0.120. The molecule has 1 aromatic carbocycles. The SMILES string of the molecule is CC1CCCC1C(=O)Nc1ccc(Cl)cc1C(=O)O. The highest BCUT2D eigenvalue weighted by Crippen LogP contribution is 2.32. The van der Waals surface area contributed by atoms with Crippen LogP contribution in [0, 0.1) is 11.8 Å². The first kappa shape index (κ1) is 13.9. The summed E-state index contributed by atoms with van der Waals surface area (Å²) >= 11 is 5.77. The number of anilines is 1. The third kappa shape index (κ3) is 3.07. The molecule has 1 amide bonds. The minimum atomic E-state index is -1.10. The van der Waals surface area contributed by atoms with Crippen molar-refractivity contribution in [1.29, 1.82) is 0 Å². The highest BCUT2D eigenvalue weighted by atomic mass is 35.5. The number of benzene rings is 1. The lowest BCUT2D eigenvalue weighted by Crippen LogP contribution is -2.25. The summed E-state index contributed by atoms with van der Waals surface area (Å²) in [5.74, 6) is -0.884. The molecule has 2 unspecified atom stereocenters. The van der Waals surface area contributed by atoms with Crippen molar-refractivity contribution >= 4 is 29.2 Å². The Hall–Kier alpha value is -1.55. The van der Waals surface area contributed by atoms with Gasteiger partial charge in [0.05, 0.1) is 11.3 Å². The number of rotatable bonds is 3. The lowest BCUT2D eigenvalue weighted by Gasteiger charge is -2.16. The molecule has 2 atom stereocenters. The van der Waals surface area contributed by atoms with E-state index >= 15 is 0 Å². The van der Waals surface area contributed by atoms with Gasteiger partial charge in [-0.2, -0.15) is 0 Å². The average Bonchev–Trinajstić information content (AvgIpc) is 2.77. The van der Waals surface area contributed by atoms with Crippen LogP contribution < -0.4 is 5.32 Å². The van der Waals surface area contributed by atoms with Gasteiger partial charge in [0, 0.05) is 10.9 Å². The van der Waals surface area contributed by atoms with Gasteiger partial charge in [0.15, 0.2) is 0 Å². The van der Waals surface area contributed by atoms with Gasteiger partial charge in [-0.05, 0) is 37.0 Å². The molecule has 102 valence electrons. The maximum Gasteiger partial charge on any atom is 0.337 e. The number of carboxylic acids is 1. The van der Waals surface area contributed by atoms with Crippen molar-refractivity contribution in [2.24, 2.45) is 11.8 Å². The van der Waals surface area contributed by atoms with Crippen LogP contribution in [0.3, 0.4) is 0 Å². The Balaban J connectivity index is 2.19. The Morgan fingerprint density at radius 2 is 2.11 bits per heavy atom. The summed E-state index contributed by atoms with van der Waals surface area (Å²) in [5, 5.41) is 12.2. The second kappa shape index (κ2) is 5.61. The van der Waals surface area contributed by atoms with Crippen LogP contribution >= 0.6 is 11.6 Å².